The quantitative estimate of drug-likeness (QED) is 0.477. The minimum absolute atomic E-state index is 0. The van der Waals surface area contributed by atoms with Crippen LogP contribution in [0.5, 0.6) is 0 Å². The molecule has 3 nitrogen and oxygen atoms in total. The number of nitrogens with one attached hydrogen (secondary N) is 1. The van der Waals surface area contributed by atoms with E-state index < -0.39 is 0 Å². The van der Waals surface area contributed by atoms with Crippen molar-refractivity contribution >= 4 is 29.8 Å². The molecule has 0 aliphatic rings. The molecule has 0 aromatic heterocycles. The Morgan fingerprint density at radius 2 is 2.07 bits per heavy atom. The number of rotatable bonds is 5. The highest BCUT2D eigenvalue weighted by molar-refractivity contribution is 6.31. The molecule has 0 spiro atoms. The van der Waals surface area contributed by atoms with Gasteiger partial charge in [0, 0.05) is 5.02 Å². The van der Waals surface area contributed by atoms with Crippen molar-refractivity contribution in [3.05, 3.63) is 34.9 Å². The van der Waals surface area contributed by atoms with Gasteiger partial charge < -0.3 is 10.5 Å². The molecule has 3 N–H and O–H groups in total. The summed E-state index contributed by atoms with van der Waals surface area (Å²) in [5.74, 6) is 0.0455. The van der Waals surface area contributed by atoms with Crippen molar-refractivity contribution < 1.29 is 4.74 Å². The van der Waals surface area contributed by atoms with Crippen molar-refractivity contribution in [3.63, 3.8) is 0 Å². The Morgan fingerprint density at radius 1 is 1.40 bits per heavy atom. The lowest BCUT2D eigenvalue weighted by atomic mass is 10.2. The summed E-state index contributed by atoms with van der Waals surface area (Å²) in [5.41, 5.74) is 6.19. The predicted molar refractivity (Wildman–Crippen MR) is 65.1 cm³/mol. The Bertz CT molecular complexity index is 318. The van der Waals surface area contributed by atoms with Crippen LogP contribution >= 0.6 is 24.0 Å². The zero-order valence-electron chi connectivity index (χ0n) is 8.20. The van der Waals surface area contributed by atoms with E-state index in [9.17, 15) is 0 Å². The zero-order chi connectivity index (χ0) is 10.4. The van der Waals surface area contributed by atoms with Gasteiger partial charge in [0.2, 0.25) is 0 Å². The lowest BCUT2D eigenvalue weighted by Crippen LogP contribution is -2.18. The zero-order valence-corrected chi connectivity index (χ0v) is 9.77. The summed E-state index contributed by atoms with van der Waals surface area (Å²) in [6, 6.07) is 7.63. The van der Waals surface area contributed by atoms with Gasteiger partial charge in [-0.1, -0.05) is 29.8 Å². The van der Waals surface area contributed by atoms with Crippen LogP contribution in [-0.2, 0) is 11.2 Å². The first-order valence-corrected chi connectivity index (χ1v) is 4.72. The van der Waals surface area contributed by atoms with Crippen LogP contribution in [-0.4, -0.2) is 19.0 Å². The van der Waals surface area contributed by atoms with Crippen molar-refractivity contribution in [2.45, 2.75) is 6.42 Å². The maximum atomic E-state index is 6.95. The highest BCUT2D eigenvalue weighted by atomic mass is 35.5. The van der Waals surface area contributed by atoms with E-state index in [0.717, 1.165) is 17.0 Å². The number of halogens is 2. The Morgan fingerprint density at radius 3 is 2.67 bits per heavy atom. The topological polar surface area (TPSA) is 59.1 Å². The third-order valence-corrected chi connectivity index (χ3v) is 2.10. The monoisotopic (exact) mass is 248 g/mol. The first-order chi connectivity index (χ1) is 6.70. The maximum Gasteiger partial charge on any atom is 0.117 e. The van der Waals surface area contributed by atoms with Crippen LogP contribution in [0.3, 0.4) is 0 Å². The molecule has 0 aliphatic heterocycles. The van der Waals surface area contributed by atoms with Gasteiger partial charge >= 0.3 is 0 Å². The molecular formula is C10H14Cl2N2O. The van der Waals surface area contributed by atoms with Gasteiger partial charge in [0.25, 0.3) is 0 Å². The van der Waals surface area contributed by atoms with E-state index in [-0.39, 0.29) is 24.8 Å². The second-order valence-corrected chi connectivity index (χ2v) is 3.33. The maximum absolute atomic E-state index is 6.95. The number of hydrogen-bond donors (Lipinski definition) is 2. The number of benzene rings is 1. The van der Waals surface area contributed by atoms with E-state index in [0.29, 0.717) is 6.61 Å². The number of nitrogens with two attached hydrogens (primary N) is 1. The highest BCUT2D eigenvalue weighted by Crippen LogP contribution is 2.15. The highest BCUT2D eigenvalue weighted by Gasteiger charge is 1.98. The van der Waals surface area contributed by atoms with Crippen LogP contribution in [0.2, 0.25) is 5.02 Å². The fraction of sp³-hybridized carbons (Fsp3) is 0.300. The van der Waals surface area contributed by atoms with E-state index in [4.69, 9.17) is 27.5 Å². The largest absolute Gasteiger partial charge is 0.386 e. The van der Waals surface area contributed by atoms with Crippen molar-refractivity contribution in [1.82, 2.24) is 0 Å². The standard InChI is InChI=1S/C10H13ClN2O.ClH/c11-9-4-2-1-3-8(9)5-6-14-7-10(12)13;/h1-4H,5-7H2,(H3,12,13);1H. The fourth-order valence-electron chi connectivity index (χ4n) is 1.07. The SMILES string of the molecule is Cl.N=C(N)COCCc1ccccc1Cl. The molecule has 0 fully saturated rings. The summed E-state index contributed by atoms with van der Waals surface area (Å²) < 4.78 is 5.15. The fourth-order valence-corrected chi connectivity index (χ4v) is 1.30. The third kappa shape index (κ3) is 5.62. The Balaban J connectivity index is 0.00000196. The van der Waals surface area contributed by atoms with Gasteiger partial charge in [-0.3, -0.25) is 5.41 Å². The van der Waals surface area contributed by atoms with Crippen LogP contribution in [0.4, 0.5) is 0 Å². The van der Waals surface area contributed by atoms with E-state index in [2.05, 4.69) is 0 Å². The van der Waals surface area contributed by atoms with Crippen molar-refractivity contribution in [2.24, 2.45) is 5.73 Å². The molecule has 0 saturated carbocycles. The average Bonchev–Trinajstić information content (AvgIpc) is 2.15. The molecule has 84 valence electrons. The molecule has 0 aliphatic carbocycles. The summed E-state index contributed by atoms with van der Waals surface area (Å²) in [7, 11) is 0. The lowest BCUT2D eigenvalue weighted by Gasteiger charge is -2.04. The molecular weight excluding hydrogens is 235 g/mol. The molecule has 0 heterocycles. The van der Waals surface area contributed by atoms with Gasteiger partial charge in [0.15, 0.2) is 0 Å². The van der Waals surface area contributed by atoms with Gasteiger partial charge in [0.1, 0.15) is 12.4 Å². The van der Waals surface area contributed by atoms with Crippen LogP contribution < -0.4 is 5.73 Å². The molecule has 1 aromatic carbocycles. The summed E-state index contributed by atoms with van der Waals surface area (Å²) in [4.78, 5) is 0. The summed E-state index contributed by atoms with van der Waals surface area (Å²) in [6.45, 7) is 0.716. The van der Waals surface area contributed by atoms with Crippen LogP contribution in [0, 0.1) is 5.41 Å². The Kier molecular flexibility index (Phi) is 7.13. The van der Waals surface area contributed by atoms with Gasteiger partial charge in [-0.2, -0.15) is 0 Å². The normalized spacial score (nSPS) is 9.40. The molecule has 15 heavy (non-hydrogen) atoms. The molecule has 0 unspecified atom stereocenters. The van der Waals surface area contributed by atoms with Crippen LogP contribution in [0.1, 0.15) is 5.56 Å². The molecule has 1 aromatic rings. The molecule has 0 atom stereocenters. The molecule has 0 amide bonds. The van der Waals surface area contributed by atoms with E-state index >= 15 is 0 Å². The lowest BCUT2D eigenvalue weighted by molar-refractivity contribution is 0.174. The number of ether oxygens (including phenoxy) is 1. The number of amidine groups is 1. The van der Waals surface area contributed by atoms with Crippen molar-refractivity contribution in [3.8, 4) is 0 Å². The molecule has 0 saturated heterocycles. The van der Waals surface area contributed by atoms with Crippen LogP contribution in [0.15, 0.2) is 24.3 Å². The summed E-state index contributed by atoms with van der Waals surface area (Å²) in [5, 5.41) is 7.70. The Labute approximate surface area is 100 Å². The summed E-state index contributed by atoms with van der Waals surface area (Å²) >= 11 is 5.94. The smallest absolute Gasteiger partial charge is 0.117 e. The third-order valence-electron chi connectivity index (χ3n) is 1.73. The van der Waals surface area contributed by atoms with Gasteiger partial charge in [-0.15, -0.1) is 12.4 Å². The second kappa shape index (κ2) is 7.51. The molecule has 1 rings (SSSR count). The van der Waals surface area contributed by atoms with E-state index in [1.54, 1.807) is 0 Å². The van der Waals surface area contributed by atoms with E-state index in [1.807, 2.05) is 24.3 Å². The first kappa shape index (κ1) is 14.2. The van der Waals surface area contributed by atoms with Gasteiger partial charge in [-0.25, -0.2) is 0 Å². The van der Waals surface area contributed by atoms with Crippen LogP contribution in [0.25, 0.3) is 0 Å². The van der Waals surface area contributed by atoms with Gasteiger partial charge in [0.05, 0.1) is 6.61 Å². The Hall–Kier alpha value is -0.770. The minimum atomic E-state index is 0. The molecule has 0 radical (unpaired) electrons. The molecule has 5 heteroatoms. The number of hydrogen-bond acceptors (Lipinski definition) is 2. The van der Waals surface area contributed by atoms with Crippen molar-refractivity contribution in [1.29, 1.82) is 5.41 Å². The van der Waals surface area contributed by atoms with E-state index in [1.165, 1.54) is 0 Å². The first-order valence-electron chi connectivity index (χ1n) is 4.34. The van der Waals surface area contributed by atoms with Gasteiger partial charge in [-0.05, 0) is 18.1 Å². The predicted octanol–water partition coefficient (Wildman–Crippen LogP) is 2.26. The average molecular weight is 249 g/mol. The minimum Gasteiger partial charge on any atom is -0.386 e. The summed E-state index contributed by atoms with van der Waals surface area (Å²) in [6.07, 6.45) is 0.743. The molecule has 0 bridgehead atoms. The second-order valence-electron chi connectivity index (χ2n) is 2.92. The van der Waals surface area contributed by atoms with Crippen molar-refractivity contribution in [2.75, 3.05) is 13.2 Å².